The standard InChI is InChI=1S/C15H21NO3/c1-2-19-10-11-6-3-4-8-13(11)16-15(18)12-7-5-9-14(12)17/h3-4,6,8,12,14,17H,2,5,7,9-10H2,1H3,(H,16,18). The minimum Gasteiger partial charge on any atom is -0.392 e. The smallest absolute Gasteiger partial charge is 0.230 e. The van der Waals surface area contributed by atoms with Crippen molar-refractivity contribution in [2.24, 2.45) is 5.92 Å². The van der Waals surface area contributed by atoms with Gasteiger partial charge in [-0.05, 0) is 32.3 Å². The van der Waals surface area contributed by atoms with E-state index in [4.69, 9.17) is 4.74 Å². The molecule has 4 heteroatoms. The molecule has 2 atom stereocenters. The number of carbonyl (C=O) groups excluding carboxylic acids is 1. The molecular weight excluding hydrogens is 242 g/mol. The molecule has 1 aromatic carbocycles. The molecule has 0 spiro atoms. The van der Waals surface area contributed by atoms with Gasteiger partial charge in [-0.25, -0.2) is 0 Å². The molecule has 2 rings (SSSR count). The van der Waals surface area contributed by atoms with Crippen LogP contribution in [0.15, 0.2) is 24.3 Å². The summed E-state index contributed by atoms with van der Waals surface area (Å²) in [7, 11) is 0. The van der Waals surface area contributed by atoms with E-state index in [-0.39, 0.29) is 11.8 Å². The normalized spacial score (nSPS) is 22.4. The fourth-order valence-corrected chi connectivity index (χ4v) is 2.45. The van der Waals surface area contributed by atoms with E-state index in [1.165, 1.54) is 0 Å². The Kier molecular flexibility index (Phi) is 4.93. The Morgan fingerprint density at radius 3 is 2.89 bits per heavy atom. The number of hydrogen-bond acceptors (Lipinski definition) is 3. The SMILES string of the molecule is CCOCc1ccccc1NC(=O)C1CCCC1O. The van der Waals surface area contributed by atoms with Gasteiger partial charge in [-0.1, -0.05) is 18.2 Å². The van der Waals surface area contributed by atoms with Crippen LogP contribution in [0.5, 0.6) is 0 Å². The molecule has 1 aliphatic carbocycles. The Bertz CT molecular complexity index is 433. The van der Waals surface area contributed by atoms with E-state index in [1.54, 1.807) is 0 Å². The quantitative estimate of drug-likeness (QED) is 0.857. The van der Waals surface area contributed by atoms with Crippen molar-refractivity contribution < 1.29 is 14.6 Å². The maximum absolute atomic E-state index is 12.1. The van der Waals surface area contributed by atoms with Crippen LogP contribution in [-0.2, 0) is 16.1 Å². The van der Waals surface area contributed by atoms with Gasteiger partial charge in [-0.15, -0.1) is 0 Å². The van der Waals surface area contributed by atoms with E-state index in [2.05, 4.69) is 5.32 Å². The average molecular weight is 263 g/mol. The molecule has 1 aliphatic rings. The molecule has 19 heavy (non-hydrogen) atoms. The van der Waals surface area contributed by atoms with Gasteiger partial charge in [0.15, 0.2) is 0 Å². The van der Waals surface area contributed by atoms with E-state index in [1.807, 2.05) is 31.2 Å². The van der Waals surface area contributed by atoms with Gasteiger partial charge in [0.25, 0.3) is 0 Å². The maximum atomic E-state index is 12.1. The molecule has 0 bridgehead atoms. The van der Waals surface area contributed by atoms with Crippen molar-refractivity contribution in [1.29, 1.82) is 0 Å². The summed E-state index contributed by atoms with van der Waals surface area (Å²) in [6.45, 7) is 3.07. The van der Waals surface area contributed by atoms with E-state index in [0.717, 1.165) is 30.5 Å². The number of aliphatic hydroxyl groups excluding tert-OH is 1. The number of carbonyl (C=O) groups is 1. The average Bonchev–Trinajstić information content (AvgIpc) is 2.84. The third-order valence-electron chi connectivity index (χ3n) is 3.55. The topological polar surface area (TPSA) is 58.6 Å². The largest absolute Gasteiger partial charge is 0.392 e. The number of para-hydroxylation sites is 1. The zero-order chi connectivity index (χ0) is 13.7. The fourth-order valence-electron chi connectivity index (χ4n) is 2.45. The van der Waals surface area contributed by atoms with Gasteiger partial charge in [0, 0.05) is 17.9 Å². The summed E-state index contributed by atoms with van der Waals surface area (Å²) in [6.07, 6.45) is 1.90. The van der Waals surface area contributed by atoms with Crippen LogP contribution >= 0.6 is 0 Å². The molecule has 0 aliphatic heterocycles. The summed E-state index contributed by atoms with van der Waals surface area (Å²) in [4.78, 5) is 12.1. The monoisotopic (exact) mass is 263 g/mol. The second-order valence-electron chi connectivity index (χ2n) is 4.89. The number of rotatable bonds is 5. The molecule has 0 aromatic heterocycles. The Hall–Kier alpha value is -1.39. The first-order valence-electron chi connectivity index (χ1n) is 6.87. The number of hydrogen-bond donors (Lipinski definition) is 2. The molecular formula is C15H21NO3. The lowest BCUT2D eigenvalue weighted by Gasteiger charge is -2.16. The summed E-state index contributed by atoms with van der Waals surface area (Å²) < 4.78 is 5.39. The summed E-state index contributed by atoms with van der Waals surface area (Å²) in [5.41, 5.74) is 1.74. The lowest BCUT2D eigenvalue weighted by molar-refractivity contribution is -0.122. The summed E-state index contributed by atoms with van der Waals surface area (Å²) in [5.74, 6) is -0.367. The molecule has 2 N–H and O–H groups in total. The number of benzene rings is 1. The van der Waals surface area contributed by atoms with Crippen molar-refractivity contribution in [3.8, 4) is 0 Å². The number of aliphatic hydroxyl groups is 1. The van der Waals surface area contributed by atoms with Crippen molar-refractivity contribution in [3.63, 3.8) is 0 Å². The van der Waals surface area contributed by atoms with E-state index < -0.39 is 6.10 Å². The van der Waals surface area contributed by atoms with Crippen molar-refractivity contribution in [3.05, 3.63) is 29.8 Å². The van der Waals surface area contributed by atoms with Crippen molar-refractivity contribution in [1.82, 2.24) is 0 Å². The fraction of sp³-hybridized carbons (Fsp3) is 0.533. The molecule has 1 fully saturated rings. The van der Waals surface area contributed by atoms with Gasteiger partial charge in [-0.3, -0.25) is 4.79 Å². The van der Waals surface area contributed by atoms with Crippen LogP contribution in [-0.4, -0.2) is 23.7 Å². The Labute approximate surface area is 113 Å². The Balaban J connectivity index is 2.03. The molecule has 0 saturated heterocycles. The van der Waals surface area contributed by atoms with Crippen LogP contribution in [0.25, 0.3) is 0 Å². The van der Waals surface area contributed by atoms with Gasteiger partial charge in [0.05, 0.1) is 18.6 Å². The molecule has 1 amide bonds. The van der Waals surface area contributed by atoms with Gasteiger partial charge < -0.3 is 15.2 Å². The van der Waals surface area contributed by atoms with Crippen LogP contribution in [0, 0.1) is 5.92 Å². The Morgan fingerprint density at radius 2 is 2.21 bits per heavy atom. The van der Waals surface area contributed by atoms with E-state index in [0.29, 0.717) is 13.2 Å². The molecule has 2 unspecified atom stereocenters. The third kappa shape index (κ3) is 3.55. The summed E-state index contributed by atoms with van der Waals surface area (Å²) in [6, 6.07) is 7.62. The minimum atomic E-state index is -0.501. The second kappa shape index (κ2) is 6.68. The molecule has 1 aromatic rings. The third-order valence-corrected chi connectivity index (χ3v) is 3.55. The highest BCUT2D eigenvalue weighted by atomic mass is 16.5. The first-order valence-corrected chi connectivity index (χ1v) is 6.87. The molecule has 0 radical (unpaired) electrons. The Morgan fingerprint density at radius 1 is 1.42 bits per heavy atom. The first-order chi connectivity index (χ1) is 9.22. The second-order valence-corrected chi connectivity index (χ2v) is 4.89. The molecule has 4 nitrogen and oxygen atoms in total. The highest BCUT2D eigenvalue weighted by Crippen LogP contribution is 2.27. The number of amides is 1. The maximum Gasteiger partial charge on any atom is 0.230 e. The highest BCUT2D eigenvalue weighted by Gasteiger charge is 2.31. The van der Waals surface area contributed by atoms with Crippen molar-refractivity contribution in [2.75, 3.05) is 11.9 Å². The predicted molar refractivity (Wildman–Crippen MR) is 73.7 cm³/mol. The van der Waals surface area contributed by atoms with Crippen molar-refractivity contribution >= 4 is 11.6 Å². The zero-order valence-electron chi connectivity index (χ0n) is 11.3. The molecule has 0 heterocycles. The van der Waals surface area contributed by atoms with Crippen molar-refractivity contribution in [2.45, 2.75) is 38.9 Å². The van der Waals surface area contributed by atoms with Gasteiger partial charge in [-0.2, -0.15) is 0 Å². The van der Waals surface area contributed by atoms with Crippen LogP contribution in [0.4, 0.5) is 5.69 Å². The van der Waals surface area contributed by atoms with Crippen LogP contribution in [0.2, 0.25) is 0 Å². The van der Waals surface area contributed by atoms with Gasteiger partial charge in [0.2, 0.25) is 5.91 Å². The summed E-state index contributed by atoms with van der Waals surface area (Å²) >= 11 is 0. The zero-order valence-corrected chi connectivity index (χ0v) is 11.3. The van der Waals surface area contributed by atoms with E-state index >= 15 is 0 Å². The minimum absolute atomic E-state index is 0.0889. The van der Waals surface area contributed by atoms with Gasteiger partial charge in [0.1, 0.15) is 0 Å². The number of nitrogens with one attached hydrogen (secondary N) is 1. The lowest BCUT2D eigenvalue weighted by atomic mass is 10.0. The number of ether oxygens (including phenoxy) is 1. The lowest BCUT2D eigenvalue weighted by Crippen LogP contribution is -2.29. The van der Waals surface area contributed by atoms with Crippen LogP contribution < -0.4 is 5.32 Å². The highest BCUT2D eigenvalue weighted by molar-refractivity contribution is 5.93. The molecule has 1 saturated carbocycles. The first kappa shape index (κ1) is 14.0. The van der Waals surface area contributed by atoms with Crippen LogP contribution in [0.1, 0.15) is 31.7 Å². The summed E-state index contributed by atoms with van der Waals surface area (Å²) in [5, 5.41) is 12.7. The number of anilines is 1. The van der Waals surface area contributed by atoms with E-state index in [9.17, 15) is 9.90 Å². The van der Waals surface area contributed by atoms with Gasteiger partial charge >= 0.3 is 0 Å². The molecule has 104 valence electrons. The predicted octanol–water partition coefficient (Wildman–Crippen LogP) is 2.32. The van der Waals surface area contributed by atoms with Crippen LogP contribution in [0.3, 0.4) is 0 Å².